The summed E-state index contributed by atoms with van der Waals surface area (Å²) in [5, 5.41) is 14.3. The molecule has 0 spiro atoms. The van der Waals surface area contributed by atoms with Gasteiger partial charge in [0.2, 0.25) is 0 Å². The third-order valence-electron chi connectivity index (χ3n) is 4.61. The molecule has 6 nitrogen and oxygen atoms in total. The molecule has 0 aliphatic heterocycles. The molecular formula is C21H24N4O2. The maximum Gasteiger partial charge on any atom is 0.272 e. The summed E-state index contributed by atoms with van der Waals surface area (Å²) in [6, 6.07) is 16.9. The zero-order valence-electron chi connectivity index (χ0n) is 15.6. The van der Waals surface area contributed by atoms with Crippen LogP contribution in [-0.2, 0) is 13.6 Å². The predicted molar refractivity (Wildman–Crippen MR) is 104 cm³/mol. The lowest BCUT2D eigenvalue weighted by atomic mass is 10.1. The molecule has 0 aliphatic rings. The van der Waals surface area contributed by atoms with Gasteiger partial charge in [-0.25, -0.2) is 0 Å². The summed E-state index contributed by atoms with van der Waals surface area (Å²) in [7, 11) is 1.76. The van der Waals surface area contributed by atoms with Gasteiger partial charge in [0.15, 0.2) is 0 Å². The van der Waals surface area contributed by atoms with Crippen molar-refractivity contribution in [2.45, 2.75) is 25.9 Å². The molecule has 0 radical (unpaired) electrons. The van der Waals surface area contributed by atoms with Crippen molar-refractivity contribution < 1.29 is 9.90 Å². The van der Waals surface area contributed by atoms with Crippen LogP contribution in [0, 0.1) is 0 Å². The molecule has 3 aromatic rings. The normalized spacial score (nSPS) is 12.0. The standard InChI is InChI=1S/C21H24N4O2/c1-3-18(15-26)25(14-17-11-7-8-12-22-17)21(27)20-13-19(23-24(20)2)16-9-5-4-6-10-16/h4-13,18,26H,3,14-15H2,1-2H3/t18-/m0/s1. The van der Waals surface area contributed by atoms with Crippen LogP contribution in [-0.4, -0.2) is 43.3 Å². The number of rotatable bonds is 7. The van der Waals surface area contributed by atoms with Gasteiger partial charge in [0.25, 0.3) is 5.91 Å². The zero-order valence-corrected chi connectivity index (χ0v) is 15.6. The number of nitrogens with zero attached hydrogens (tertiary/aromatic N) is 4. The van der Waals surface area contributed by atoms with Crippen molar-refractivity contribution in [2.24, 2.45) is 7.05 Å². The summed E-state index contributed by atoms with van der Waals surface area (Å²) in [5.74, 6) is -0.168. The minimum Gasteiger partial charge on any atom is -0.394 e. The second kappa shape index (κ2) is 8.60. The van der Waals surface area contributed by atoms with Gasteiger partial charge in [0.05, 0.1) is 30.6 Å². The number of hydrogen-bond donors (Lipinski definition) is 1. The topological polar surface area (TPSA) is 71.2 Å². The Labute approximate surface area is 159 Å². The van der Waals surface area contributed by atoms with Crippen molar-refractivity contribution >= 4 is 5.91 Å². The lowest BCUT2D eigenvalue weighted by Gasteiger charge is -2.29. The number of aryl methyl sites for hydroxylation is 1. The van der Waals surface area contributed by atoms with Gasteiger partial charge in [-0.05, 0) is 24.6 Å². The van der Waals surface area contributed by atoms with E-state index in [1.54, 1.807) is 28.9 Å². The van der Waals surface area contributed by atoms with Crippen LogP contribution in [0.1, 0.15) is 29.5 Å². The number of aromatic nitrogens is 3. The van der Waals surface area contributed by atoms with E-state index in [0.717, 1.165) is 17.0 Å². The van der Waals surface area contributed by atoms with Gasteiger partial charge < -0.3 is 10.0 Å². The first kappa shape index (κ1) is 18.8. The second-order valence-corrected chi connectivity index (χ2v) is 6.40. The Hall–Kier alpha value is -2.99. The van der Waals surface area contributed by atoms with Crippen molar-refractivity contribution in [3.63, 3.8) is 0 Å². The molecule has 2 aromatic heterocycles. The number of carbonyl (C=O) groups excluding carboxylic acids is 1. The highest BCUT2D eigenvalue weighted by Crippen LogP contribution is 2.21. The van der Waals surface area contributed by atoms with E-state index >= 15 is 0 Å². The van der Waals surface area contributed by atoms with Gasteiger partial charge in [0.1, 0.15) is 5.69 Å². The molecule has 0 bridgehead atoms. The first-order valence-corrected chi connectivity index (χ1v) is 9.05. The van der Waals surface area contributed by atoms with Crippen LogP contribution in [0.4, 0.5) is 0 Å². The van der Waals surface area contributed by atoms with Crippen molar-refractivity contribution in [1.29, 1.82) is 0 Å². The van der Waals surface area contributed by atoms with Gasteiger partial charge in [0, 0.05) is 18.8 Å². The van der Waals surface area contributed by atoms with Gasteiger partial charge in [-0.15, -0.1) is 0 Å². The Morgan fingerprint density at radius 3 is 2.56 bits per heavy atom. The van der Waals surface area contributed by atoms with Crippen molar-refractivity contribution in [1.82, 2.24) is 19.7 Å². The molecule has 1 N–H and O–H groups in total. The van der Waals surface area contributed by atoms with Crippen molar-refractivity contribution in [3.05, 3.63) is 72.2 Å². The SMILES string of the molecule is CC[C@@H](CO)N(Cc1ccccn1)C(=O)c1cc(-c2ccccc2)nn1C. The van der Waals surface area contributed by atoms with Gasteiger partial charge >= 0.3 is 0 Å². The van der Waals surface area contributed by atoms with Gasteiger partial charge in [-0.1, -0.05) is 43.3 Å². The van der Waals surface area contributed by atoms with E-state index in [0.29, 0.717) is 18.7 Å². The number of aliphatic hydroxyl groups is 1. The van der Waals surface area contributed by atoms with Crippen LogP contribution in [0.2, 0.25) is 0 Å². The third kappa shape index (κ3) is 4.23. The fourth-order valence-corrected chi connectivity index (χ4v) is 3.05. The van der Waals surface area contributed by atoms with Crippen LogP contribution >= 0.6 is 0 Å². The fourth-order valence-electron chi connectivity index (χ4n) is 3.05. The summed E-state index contributed by atoms with van der Waals surface area (Å²) in [5.41, 5.74) is 2.97. The van der Waals surface area contributed by atoms with Crippen LogP contribution in [0.25, 0.3) is 11.3 Å². The fraction of sp³-hybridized carbons (Fsp3) is 0.286. The van der Waals surface area contributed by atoms with Crippen LogP contribution in [0.15, 0.2) is 60.8 Å². The number of carbonyl (C=O) groups is 1. The minimum atomic E-state index is -0.283. The largest absolute Gasteiger partial charge is 0.394 e. The van der Waals surface area contributed by atoms with E-state index in [4.69, 9.17) is 0 Å². The average molecular weight is 364 g/mol. The van der Waals surface area contributed by atoms with E-state index in [2.05, 4.69) is 10.1 Å². The molecule has 0 fully saturated rings. The molecular weight excluding hydrogens is 340 g/mol. The van der Waals surface area contributed by atoms with Gasteiger partial charge in [-0.3, -0.25) is 14.5 Å². The first-order chi connectivity index (χ1) is 13.1. The molecule has 1 aromatic carbocycles. The molecule has 6 heteroatoms. The maximum absolute atomic E-state index is 13.3. The molecule has 2 heterocycles. The van der Waals surface area contributed by atoms with Crippen molar-refractivity contribution in [2.75, 3.05) is 6.61 Å². The van der Waals surface area contributed by atoms with Gasteiger partial charge in [-0.2, -0.15) is 5.10 Å². The molecule has 0 saturated carbocycles. The number of hydrogen-bond acceptors (Lipinski definition) is 4. The summed E-state index contributed by atoms with van der Waals surface area (Å²) >= 11 is 0. The van der Waals surface area contributed by atoms with E-state index in [9.17, 15) is 9.90 Å². The molecule has 27 heavy (non-hydrogen) atoms. The van der Waals surface area contributed by atoms with E-state index in [1.165, 1.54) is 0 Å². The summed E-state index contributed by atoms with van der Waals surface area (Å²) in [6.45, 7) is 2.20. The minimum absolute atomic E-state index is 0.0987. The number of amides is 1. The maximum atomic E-state index is 13.3. The predicted octanol–water partition coefficient (Wildman–Crippen LogP) is 2.90. The lowest BCUT2D eigenvalue weighted by molar-refractivity contribution is 0.0549. The molecule has 1 atom stereocenters. The Bertz CT molecular complexity index is 874. The quantitative estimate of drug-likeness (QED) is 0.700. The molecule has 1 amide bonds. The summed E-state index contributed by atoms with van der Waals surface area (Å²) < 4.78 is 1.60. The van der Waals surface area contributed by atoms with Crippen LogP contribution in [0.3, 0.4) is 0 Å². The summed E-state index contributed by atoms with van der Waals surface area (Å²) in [4.78, 5) is 19.3. The lowest BCUT2D eigenvalue weighted by Crippen LogP contribution is -2.42. The first-order valence-electron chi connectivity index (χ1n) is 9.05. The Morgan fingerprint density at radius 1 is 1.19 bits per heavy atom. The second-order valence-electron chi connectivity index (χ2n) is 6.40. The zero-order chi connectivity index (χ0) is 19.2. The summed E-state index contributed by atoms with van der Waals surface area (Å²) in [6.07, 6.45) is 2.36. The average Bonchev–Trinajstić information content (AvgIpc) is 3.11. The molecule has 0 aliphatic carbocycles. The number of benzene rings is 1. The molecule has 140 valence electrons. The van der Waals surface area contributed by atoms with Crippen molar-refractivity contribution in [3.8, 4) is 11.3 Å². The molecule has 0 unspecified atom stereocenters. The molecule has 0 saturated heterocycles. The van der Waals surface area contributed by atoms with E-state index in [1.807, 2.05) is 55.5 Å². The monoisotopic (exact) mass is 364 g/mol. The van der Waals surface area contributed by atoms with E-state index in [-0.39, 0.29) is 18.6 Å². The highest BCUT2D eigenvalue weighted by Gasteiger charge is 2.26. The molecule has 3 rings (SSSR count). The van der Waals surface area contributed by atoms with Crippen LogP contribution in [0.5, 0.6) is 0 Å². The highest BCUT2D eigenvalue weighted by atomic mass is 16.3. The smallest absolute Gasteiger partial charge is 0.272 e. The van der Waals surface area contributed by atoms with E-state index < -0.39 is 0 Å². The number of pyridine rings is 1. The Balaban J connectivity index is 1.93. The highest BCUT2D eigenvalue weighted by molar-refractivity contribution is 5.94. The Morgan fingerprint density at radius 2 is 1.93 bits per heavy atom. The third-order valence-corrected chi connectivity index (χ3v) is 4.61. The number of aliphatic hydroxyl groups excluding tert-OH is 1. The van der Waals surface area contributed by atoms with Crippen LogP contribution < -0.4 is 0 Å². The Kier molecular flexibility index (Phi) is 5.98.